The van der Waals surface area contributed by atoms with Gasteiger partial charge in [-0.3, -0.25) is 9.59 Å². The van der Waals surface area contributed by atoms with Crippen LogP contribution in [0.25, 0.3) is 0 Å². The Bertz CT molecular complexity index is 664. The van der Waals surface area contributed by atoms with Crippen molar-refractivity contribution in [3.05, 3.63) is 48.5 Å². The molecule has 0 saturated heterocycles. The second-order valence-electron chi connectivity index (χ2n) is 4.66. The van der Waals surface area contributed by atoms with E-state index in [1.165, 1.54) is 13.8 Å². The number of benzene rings is 2. The standard InChI is InChI=1S/C16H16N4O2/c1-11(21)17-13-5-3-7-15(9-13)19-20-16-8-4-6-14(10-16)18-12(2)22/h3-10H,1-2H3,(H,17,21)(H,18,22). The molecule has 2 rings (SSSR count). The summed E-state index contributed by atoms with van der Waals surface area (Å²) in [6, 6.07) is 14.1. The number of anilines is 2. The van der Waals surface area contributed by atoms with E-state index in [0.29, 0.717) is 22.7 Å². The predicted molar refractivity (Wildman–Crippen MR) is 85.7 cm³/mol. The largest absolute Gasteiger partial charge is 0.326 e. The minimum atomic E-state index is -0.142. The molecule has 0 aliphatic heterocycles. The van der Waals surface area contributed by atoms with Crippen LogP contribution in [0.3, 0.4) is 0 Å². The van der Waals surface area contributed by atoms with Crippen LogP contribution in [-0.4, -0.2) is 11.8 Å². The Morgan fingerprint density at radius 3 is 1.55 bits per heavy atom. The molecule has 0 radical (unpaired) electrons. The Hall–Kier alpha value is -3.02. The molecule has 0 atom stereocenters. The number of amides is 2. The Morgan fingerprint density at radius 2 is 1.18 bits per heavy atom. The molecule has 112 valence electrons. The number of carbonyl (C=O) groups is 2. The van der Waals surface area contributed by atoms with Gasteiger partial charge in [0, 0.05) is 25.2 Å². The molecule has 0 bridgehead atoms. The van der Waals surface area contributed by atoms with Crippen molar-refractivity contribution < 1.29 is 9.59 Å². The zero-order valence-electron chi connectivity index (χ0n) is 12.3. The van der Waals surface area contributed by atoms with Crippen LogP contribution in [0, 0.1) is 0 Å². The van der Waals surface area contributed by atoms with Gasteiger partial charge in [-0.05, 0) is 36.4 Å². The van der Waals surface area contributed by atoms with E-state index in [0.717, 1.165) is 0 Å². The number of rotatable bonds is 4. The second kappa shape index (κ2) is 7.12. The molecular formula is C16H16N4O2. The minimum absolute atomic E-state index is 0.142. The maximum atomic E-state index is 11.0. The summed E-state index contributed by atoms with van der Waals surface area (Å²) < 4.78 is 0. The van der Waals surface area contributed by atoms with Gasteiger partial charge < -0.3 is 10.6 Å². The highest BCUT2D eigenvalue weighted by Gasteiger charge is 1.99. The van der Waals surface area contributed by atoms with E-state index < -0.39 is 0 Å². The minimum Gasteiger partial charge on any atom is -0.326 e. The fourth-order valence-electron chi connectivity index (χ4n) is 1.81. The third-order valence-corrected chi connectivity index (χ3v) is 2.61. The smallest absolute Gasteiger partial charge is 0.221 e. The summed E-state index contributed by atoms with van der Waals surface area (Å²) in [6.07, 6.45) is 0. The van der Waals surface area contributed by atoms with Crippen LogP contribution in [0.4, 0.5) is 22.7 Å². The highest BCUT2D eigenvalue weighted by atomic mass is 16.2. The van der Waals surface area contributed by atoms with E-state index in [9.17, 15) is 9.59 Å². The molecule has 0 saturated carbocycles. The van der Waals surface area contributed by atoms with Gasteiger partial charge in [0.05, 0.1) is 11.4 Å². The summed E-state index contributed by atoms with van der Waals surface area (Å²) in [5.41, 5.74) is 2.57. The summed E-state index contributed by atoms with van der Waals surface area (Å²) in [5.74, 6) is -0.283. The maximum absolute atomic E-state index is 11.0. The summed E-state index contributed by atoms with van der Waals surface area (Å²) in [7, 11) is 0. The first-order valence-electron chi connectivity index (χ1n) is 6.70. The van der Waals surface area contributed by atoms with E-state index in [2.05, 4.69) is 20.9 Å². The number of carbonyl (C=O) groups excluding carboxylic acids is 2. The van der Waals surface area contributed by atoms with Crippen molar-refractivity contribution in [2.75, 3.05) is 10.6 Å². The summed E-state index contributed by atoms with van der Waals surface area (Å²) in [4.78, 5) is 22.1. The number of nitrogens with zero attached hydrogens (tertiary/aromatic N) is 2. The zero-order valence-corrected chi connectivity index (χ0v) is 12.3. The van der Waals surface area contributed by atoms with Gasteiger partial charge in [0.2, 0.25) is 11.8 Å². The van der Waals surface area contributed by atoms with Gasteiger partial charge in [-0.2, -0.15) is 10.2 Å². The van der Waals surface area contributed by atoms with Crippen molar-refractivity contribution in [3.63, 3.8) is 0 Å². The molecule has 0 aliphatic rings. The van der Waals surface area contributed by atoms with Gasteiger partial charge in [0.25, 0.3) is 0 Å². The summed E-state index contributed by atoms with van der Waals surface area (Å²) in [6.45, 7) is 2.89. The van der Waals surface area contributed by atoms with E-state index in [-0.39, 0.29) is 11.8 Å². The predicted octanol–water partition coefficient (Wildman–Crippen LogP) is 4.02. The quantitative estimate of drug-likeness (QED) is 0.835. The first-order valence-corrected chi connectivity index (χ1v) is 6.70. The molecule has 0 spiro atoms. The van der Waals surface area contributed by atoms with Crippen molar-refractivity contribution in [1.82, 2.24) is 0 Å². The lowest BCUT2D eigenvalue weighted by Crippen LogP contribution is -2.05. The molecule has 0 aromatic heterocycles. The third-order valence-electron chi connectivity index (χ3n) is 2.61. The summed E-state index contributed by atoms with van der Waals surface area (Å²) in [5, 5.41) is 13.6. The molecule has 0 heterocycles. The number of azo groups is 1. The first kappa shape index (κ1) is 15.4. The van der Waals surface area contributed by atoms with E-state index in [1.807, 2.05) is 0 Å². The molecular weight excluding hydrogens is 280 g/mol. The van der Waals surface area contributed by atoms with Crippen LogP contribution >= 0.6 is 0 Å². The number of hydrogen-bond acceptors (Lipinski definition) is 4. The van der Waals surface area contributed by atoms with Gasteiger partial charge in [0.15, 0.2) is 0 Å². The van der Waals surface area contributed by atoms with E-state index in [1.54, 1.807) is 48.5 Å². The van der Waals surface area contributed by atoms with Gasteiger partial charge in [-0.1, -0.05) is 12.1 Å². The zero-order chi connectivity index (χ0) is 15.9. The molecule has 2 aromatic carbocycles. The first-order chi connectivity index (χ1) is 10.5. The number of hydrogen-bond donors (Lipinski definition) is 2. The normalized spacial score (nSPS) is 10.5. The molecule has 0 aliphatic carbocycles. The van der Waals surface area contributed by atoms with Crippen LogP contribution < -0.4 is 10.6 Å². The van der Waals surface area contributed by atoms with Gasteiger partial charge >= 0.3 is 0 Å². The lowest BCUT2D eigenvalue weighted by molar-refractivity contribution is -0.115. The Balaban J connectivity index is 2.14. The van der Waals surface area contributed by atoms with Crippen LogP contribution in [0.5, 0.6) is 0 Å². The van der Waals surface area contributed by atoms with Crippen molar-refractivity contribution in [3.8, 4) is 0 Å². The topological polar surface area (TPSA) is 82.9 Å². The van der Waals surface area contributed by atoms with Crippen molar-refractivity contribution >= 4 is 34.6 Å². The lowest BCUT2D eigenvalue weighted by Gasteiger charge is -2.03. The van der Waals surface area contributed by atoms with Crippen LogP contribution in [0.1, 0.15) is 13.8 Å². The van der Waals surface area contributed by atoms with Gasteiger partial charge in [-0.25, -0.2) is 0 Å². The van der Waals surface area contributed by atoms with Crippen LogP contribution in [0.2, 0.25) is 0 Å². The van der Waals surface area contributed by atoms with Crippen LogP contribution in [-0.2, 0) is 9.59 Å². The van der Waals surface area contributed by atoms with E-state index in [4.69, 9.17) is 0 Å². The maximum Gasteiger partial charge on any atom is 0.221 e. The SMILES string of the molecule is CC(=O)Nc1cccc(N=Nc2cccc(NC(C)=O)c2)c1. The molecule has 0 unspecified atom stereocenters. The van der Waals surface area contributed by atoms with Gasteiger partial charge in [0.1, 0.15) is 0 Å². The molecule has 6 heteroatoms. The summed E-state index contributed by atoms with van der Waals surface area (Å²) >= 11 is 0. The van der Waals surface area contributed by atoms with Gasteiger partial charge in [-0.15, -0.1) is 0 Å². The van der Waals surface area contributed by atoms with Crippen molar-refractivity contribution in [1.29, 1.82) is 0 Å². The molecule has 22 heavy (non-hydrogen) atoms. The second-order valence-corrected chi connectivity index (χ2v) is 4.66. The Morgan fingerprint density at radius 1 is 0.773 bits per heavy atom. The average Bonchev–Trinajstić information content (AvgIpc) is 2.44. The Kier molecular flexibility index (Phi) is 4.98. The lowest BCUT2D eigenvalue weighted by atomic mass is 10.3. The van der Waals surface area contributed by atoms with Crippen molar-refractivity contribution in [2.45, 2.75) is 13.8 Å². The molecule has 6 nitrogen and oxygen atoms in total. The number of nitrogens with one attached hydrogen (secondary N) is 2. The van der Waals surface area contributed by atoms with E-state index >= 15 is 0 Å². The van der Waals surface area contributed by atoms with Crippen molar-refractivity contribution in [2.24, 2.45) is 10.2 Å². The monoisotopic (exact) mass is 296 g/mol. The molecule has 0 fully saturated rings. The molecule has 2 aromatic rings. The van der Waals surface area contributed by atoms with Crippen LogP contribution in [0.15, 0.2) is 58.8 Å². The fourth-order valence-corrected chi connectivity index (χ4v) is 1.81. The molecule has 2 amide bonds. The Labute approximate surface area is 128 Å². The highest BCUT2D eigenvalue weighted by Crippen LogP contribution is 2.23. The fraction of sp³-hybridized carbons (Fsp3) is 0.125. The third kappa shape index (κ3) is 4.82. The highest BCUT2D eigenvalue weighted by molar-refractivity contribution is 5.89. The molecule has 2 N–H and O–H groups in total. The average molecular weight is 296 g/mol.